The number of nitrogens with two attached hydrogens (primary N) is 1. The number of hydrogen-bond donors (Lipinski definition) is 1. The number of imide groups is 1. The van der Waals surface area contributed by atoms with Crippen LogP contribution in [0.3, 0.4) is 0 Å². The zero-order valence-corrected chi connectivity index (χ0v) is 11.7. The summed E-state index contributed by atoms with van der Waals surface area (Å²) in [5.74, 6) is -0.707. The minimum absolute atomic E-state index is 0.172. The molecule has 0 bridgehead atoms. The number of hydrogen-bond acceptors (Lipinski definition) is 4. The lowest BCUT2D eigenvalue weighted by molar-refractivity contribution is 0.0642. The normalized spacial score (nSPS) is 13.1. The van der Waals surface area contributed by atoms with Crippen LogP contribution >= 0.6 is 0 Å². The van der Waals surface area contributed by atoms with E-state index in [2.05, 4.69) is 6.07 Å². The first-order valence-corrected chi connectivity index (χ1v) is 6.81. The van der Waals surface area contributed by atoms with Crippen molar-refractivity contribution in [3.8, 4) is 6.07 Å². The maximum Gasteiger partial charge on any atom is 0.263 e. The highest BCUT2D eigenvalue weighted by Crippen LogP contribution is 2.28. The Kier molecular flexibility index (Phi) is 3.36. The first-order valence-electron chi connectivity index (χ1n) is 6.81. The van der Waals surface area contributed by atoms with Crippen LogP contribution in [-0.4, -0.2) is 16.7 Å². The smallest absolute Gasteiger partial charge is 0.263 e. The summed E-state index contributed by atoms with van der Waals surface area (Å²) in [4.78, 5) is 26.0. The van der Waals surface area contributed by atoms with Gasteiger partial charge in [0.25, 0.3) is 11.8 Å². The van der Waals surface area contributed by atoms with Crippen molar-refractivity contribution in [2.24, 2.45) is 0 Å². The van der Waals surface area contributed by atoms with Crippen LogP contribution in [0.25, 0.3) is 0 Å². The van der Waals surface area contributed by atoms with Gasteiger partial charge in [-0.3, -0.25) is 14.5 Å². The van der Waals surface area contributed by atoms with Gasteiger partial charge >= 0.3 is 0 Å². The standard InChI is InChI=1S/C17H13N3O2/c18-8-7-11-3-1-4-12(9-11)10-20-16(21)13-5-2-6-14(19)15(13)17(20)22/h1-6,9H,7,10,19H2. The molecule has 0 saturated heterocycles. The lowest BCUT2D eigenvalue weighted by Crippen LogP contribution is -2.29. The van der Waals surface area contributed by atoms with E-state index in [0.717, 1.165) is 11.1 Å². The van der Waals surface area contributed by atoms with Crippen molar-refractivity contribution in [2.45, 2.75) is 13.0 Å². The van der Waals surface area contributed by atoms with E-state index in [1.54, 1.807) is 18.2 Å². The Morgan fingerprint density at radius 3 is 2.50 bits per heavy atom. The Balaban J connectivity index is 1.91. The third kappa shape index (κ3) is 2.21. The highest BCUT2D eigenvalue weighted by molar-refractivity contribution is 6.23. The second-order valence-electron chi connectivity index (χ2n) is 5.12. The highest BCUT2D eigenvalue weighted by atomic mass is 16.2. The Hall–Kier alpha value is -3.13. The lowest BCUT2D eigenvalue weighted by Gasteiger charge is -2.14. The summed E-state index contributed by atoms with van der Waals surface area (Å²) in [5, 5.41) is 8.75. The van der Waals surface area contributed by atoms with E-state index in [4.69, 9.17) is 11.0 Å². The summed E-state index contributed by atoms with van der Waals surface area (Å²) in [6, 6.07) is 14.3. The number of nitrogen functional groups attached to an aromatic ring is 1. The molecule has 0 saturated carbocycles. The maximum atomic E-state index is 12.4. The molecule has 0 aromatic heterocycles. The van der Waals surface area contributed by atoms with Crippen molar-refractivity contribution >= 4 is 17.5 Å². The van der Waals surface area contributed by atoms with Gasteiger partial charge in [0, 0.05) is 5.69 Å². The van der Waals surface area contributed by atoms with Crippen LogP contribution in [0.2, 0.25) is 0 Å². The molecule has 0 radical (unpaired) electrons. The van der Waals surface area contributed by atoms with Crippen molar-refractivity contribution in [3.05, 3.63) is 64.7 Å². The Morgan fingerprint density at radius 2 is 1.77 bits per heavy atom. The van der Waals surface area contributed by atoms with Gasteiger partial charge in [-0.2, -0.15) is 5.26 Å². The lowest BCUT2D eigenvalue weighted by atomic mass is 10.1. The zero-order chi connectivity index (χ0) is 15.7. The predicted octanol–water partition coefficient (Wildman–Crippen LogP) is 2.13. The highest BCUT2D eigenvalue weighted by Gasteiger charge is 2.36. The topological polar surface area (TPSA) is 87.2 Å². The summed E-state index contributed by atoms with van der Waals surface area (Å²) in [5.41, 5.74) is 8.41. The minimum atomic E-state index is -0.371. The number of nitrogens with zero attached hydrogens (tertiary/aromatic N) is 2. The number of rotatable bonds is 3. The second-order valence-corrected chi connectivity index (χ2v) is 5.12. The maximum absolute atomic E-state index is 12.4. The van der Waals surface area contributed by atoms with Gasteiger partial charge in [-0.1, -0.05) is 30.3 Å². The molecule has 108 valence electrons. The molecule has 0 fully saturated rings. The molecule has 5 heteroatoms. The average molecular weight is 291 g/mol. The first kappa shape index (κ1) is 13.8. The van der Waals surface area contributed by atoms with E-state index < -0.39 is 0 Å². The Bertz CT molecular complexity index is 821. The molecule has 0 aliphatic carbocycles. The van der Waals surface area contributed by atoms with E-state index in [1.807, 2.05) is 24.3 Å². The summed E-state index contributed by atoms with van der Waals surface area (Å²) in [7, 11) is 0. The number of carbonyl (C=O) groups excluding carboxylic acids is 2. The molecule has 1 aliphatic rings. The first-order chi connectivity index (χ1) is 10.6. The van der Waals surface area contributed by atoms with Crippen molar-refractivity contribution in [2.75, 3.05) is 5.73 Å². The van der Waals surface area contributed by atoms with Gasteiger partial charge in [0.05, 0.1) is 30.2 Å². The summed E-state index contributed by atoms with van der Waals surface area (Å²) in [6.07, 6.45) is 0.295. The van der Waals surface area contributed by atoms with Crippen LogP contribution in [0.4, 0.5) is 5.69 Å². The summed E-state index contributed by atoms with van der Waals surface area (Å²) >= 11 is 0. The molecule has 3 rings (SSSR count). The van der Waals surface area contributed by atoms with Crippen LogP contribution in [0.5, 0.6) is 0 Å². The van der Waals surface area contributed by atoms with Gasteiger partial charge < -0.3 is 5.73 Å². The van der Waals surface area contributed by atoms with Crippen molar-refractivity contribution in [1.82, 2.24) is 4.90 Å². The molecule has 22 heavy (non-hydrogen) atoms. The second kappa shape index (κ2) is 5.34. The van der Waals surface area contributed by atoms with Gasteiger partial charge in [0.2, 0.25) is 0 Å². The van der Waals surface area contributed by atoms with Crippen LogP contribution in [-0.2, 0) is 13.0 Å². The number of fused-ring (bicyclic) bond motifs is 1. The molecule has 0 atom stereocenters. The minimum Gasteiger partial charge on any atom is -0.398 e. The number of nitriles is 1. The molecule has 2 aromatic carbocycles. The van der Waals surface area contributed by atoms with Crippen LogP contribution in [0, 0.1) is 11.3 Å². The molecule has 2 amide bonds. The molecule has 2 aromatic rings. The molecular weight excluding hydrogens is 278 g/mol. The molecular formula is C17H13N3O2. The molecule has 2 N–H and O–H groups in total. The third-order valence-electron chi connectivity index (χ3n) is 3.65. The van der Waals surface area contributed by atoms with Crippen molar-refractivity contribution in [1.29, 1.82) is 5.26 Å². The number of amides is 2. The third-order valence-corrected chi connectivity index (χ3v) is 3.65. The van der Waals surface area contributed by atoms with Gasteiger partial charge in [-0.15, -0.1) is 0 Å². The van der Waals surface area contributed by atoms with Crippen molar-refractivity contribution in [3.63, 3.8) is 0 Å². The van der Waals surface area contributed by atoms with Crippen LogP contribution in [0.1, 0.15) is 31.8 Å². The molecule has 5 nitrogen and oxygen atoms in total. The number of anilines is 1. The van der Waals surface area contributed by atoms with E-state index in [-0.39, 0.29) is 23.9 Å². The van der Waals surface area contributed by atoms with Gasteiger partial charge in [0.15, 0.2) is 0 Å². The number of benzene rings is 2. The Labute approximate surface area is 127 Å². The molecule has 1 aliphatic heterocycles. The molecule has 0 spiro atoms. The van der Waals surface area contributed by atoms with Crippen LogP contribution < -0.4 is 5.73 Å². The Morgan fingerprint density at radius 1 is 1.05 bits per heavy atom. The van der Waals surface area contributed by atoms with E-state index >= 15 is 0 Å². The average Bonchev–Trinajstić information content (AvgIpc) is 2.74. The largest absolute Gasteiger partial charge is 0.398 e. The predicted molar refractivity (Wildman–Crippen MR) is 80.8 cm³/mol. The quantitative estimate of drug-likeness (QED) is 0.693. The van der Waals surface area contributed by atoms with Gasteiger partial charge in [0.1, 0.15) is 0 Å². The fourth-order valence-electron chi connectivity index (χ4n) is 2.62. The molecule has 1 heterocycles. The van der Waals surface area contributed by atoms with E-state index in [1.165, 1.54) is 4.90 Å². The fraction of sp³-hybridized carbons (Fsp3) is 0.118. The van der Waals surface area contributed by atoms with Gasteiger partial charge in [-0.25, -0.2) is 0 Å². The summed E-state index contributed by atoms with van der Waals surface area (Å²) < 4.78 is 0. The van der Waals surface area contributed by atoms with Crippen LogP contribution in [0.15, 0.2) is 42.5 Å². The van der Waals surface area contributed by atoms with E-state index in [0.29, 0.717) is 17.7 Å². The van der Waals surface area contributed by atoms with E-state index in [9.17, 15) is 9.59 Å². The monoisotopic (exact) mass is 291 g/mol. The van der Waals surface area contributed by atoms with Crippen molar-refractivity contribution < 1.29 is 9.59 Å². The SMILES string of the molecule is N#CCc1cccc(CN2C(=O)c3cccc(N)c3C2=O)c1. The molecule has 0 unspecified atom stereocenters. The fourth-order valence-corrected chi connectivity index (χ4v) is 2.62. The zero-order valence-electron chi connectivity index (χ0n) is 11.7. The summed E-state index contributed by atoms with van der Waals surface area (Å²) in [6.45, 7) is 0.172. The number of carbonyl (C=O) groups is 2. The van der Waals surface area contributed by atoms with Gasteiger partial charge in [-0.05, 0) is 23.3 Å².